The maximum atomic E-state index is 12.4. The lowest BCUT2D eigenvalue weighted by Crippen LogP contribution is -2.43. The van der Waals surface area contributed by atoms with Crippen molar-refractivity contribution in [1.29, 1.82) is 0 Å². The third-order valence-corrected chi connectivity index (χ3v) is 5.00. The molecule has 10 heteroatoms. The number of aromatic nitrogens is 2. The molecule has 0 spiro atoms. The van der Waals surface area contributed by atoms with Crippen LogP contribution in [0.25, 0.3) is 4.96 Å². The quantitative estimate of drug-likeness (QED) is 0.711. The Kier molecular flexibility index (Phi) is 3.97. The van der Waals surface area contributed by atoms with Crippen LogP contribution < -0.4 is 15.4 Å². The molecule has 0 bridgehead atoms. The molecule has 0 radical (unpaired) electrons. The molecule has 2 rings (SSSR count). The van der Waals surface area contributed by atoms with E-state index in [9.17, 15) is 13.2 Å². The van der Waals surface area contributed by atoms with E-state index in [1.807, 2.05) is 0 Å². The van der Waals surface area contributed by atoms with Crippen molar-refractivity contribution in [2.75, 3.05) is 19.4 Å². The largest absolute Gasteiger partial charge is 0.371 e. The maximum Gasteiger partial charge on any atom is 0.261 e. The van der Waals surface area contributed by atoms with Gasteiger partial charge >= 0.3 is 0 Å². The van der Waals surface area contributed by atoms with Crippen molar-refractivity contribution in [2.45, 2.75) is 18.0 Å². The van der Waals surface area contributed by atoms with Crippen LogP contribution in [0, 0.1) is 0 Å². The Bertz CT molecular complexity index is 733. The number of amides is 1. The minimum atomic E-state index is -3.88. The number of sulfonamides is 1. The van der Waals surface area contributed by atoms with Crippen LogP contribution in [0.2, 0.25) is 0 Å². The number of nitrogens with zero attached hydrogens (tertiary/aromatic N) is 2. The summed E-state index contributed by atoms with van der Waals surface area (Å²) in [5.74, 6) is -0.167. The molecule has 8 nitrogen and oxygen atoms in total. The molecule has 0 aliphatic carbocycles. The topological polar surface area (TPSA) is 105 Å². The number of nitrogens with one attached hydrogen (secondary N) is 3. The van der Waals surface area contributed by atoms with Crippen molar-refractivity contribution in [3.8, 4) is 0 Å². The number of carbonyl (C=O) groups excluding carboxylic acids is 1. The Balaban J connectivity index is 2.45. The molecule has 110 valence electrons. The lowest BCUT2D eigenvalue weighted by atomic mass is 10.3. The van der Waals surface area contributed by atoms with E-state index >= 15 is 0 Å². The first-order valence-corrected chi connectivity index (χ1v) is 8.14. The number of anilines is 1. The molecular formula is C10H15N5O3S2. The van der Waals surface area contributed by atoms with E-state index in [1.165, 1.54) is 29.7 Å². The number of thiazole rings is 1. The van der Waals surface area contributed by atoms with Crippen molar-refractivity contribution >= 4 is 38.0 Å². The van der Waals surface area contributed by atoms with E-state index in [1.54, 1.807) is 18.6 Å². The molecule has 1 unspecified atom stereocenters. The molecule has 2 aromatic rings. The molecule has 0 aliphatic rings. The average molecular weight is 317 g/mol. The van der Waals surface area contributed by atoms with Gasteiger partial charge in [-0.05, 0) is 6.92 Å². The molecule has 2 heterocycles. The zero-order valence-corrected chi connectivity index (χ0v) is 12.8. The number of hydrogen-bond acceptors (Lipinski definition) is 6. The number of carbonyl (C=O) groups is 1. The van der Waals surface area contributed by atoms with Gasteiger partial charge in [-0.3, -0.25) is 9.20 Å². The molecule has 0 aromatic carbocycles. The van der Waals surface area contributed by atoms with Gasteiger partial charge in [0, 0.05) is 25.7 Å². The number of imidazole rings is 1. The molecule has 3 N–H and O–H groups in total. The van der Waals surface area contributed by atoms with Crippen molar-refractivity contribution < 1.29 is 13.2 Å². The van der Waals surface area contributed by atoms with Gasteiger partial charge in [-0.1, -0.05) is 0 Å². The lowest BCUT2D eigenvalue weighted by Gasteiger charge is -2.13. The fourth-order valence-corrected chi connectivity index (χ4v) is 4.01. The number of fused-ring (bicyclic) bond motifs is 1. The summed E-state index contributed by atoms with van der Waals surface area (Å²) in [4.78, 5) is 16.2. The number of rotatable bonds is 5. The van der Waals surface area contributed by atoms with Crippen LogP contribution in [0.1, 0.15) is 6.92 Å². The van der Waals surface area contributed by atoms with Gasteiger partial charge in [-0.2, -0.15) is 4.72 Å². The fourth-order valence-electron chi connectivity index (χ4n) is 1.74. The zero-order chi connectivity index (χ0) is 14.9. The molecular weight excluding hydrogens is 302 g/mol. The third-order valence-electron chi connectivity index (χ3n) is 2.68. The summed E-state index contributed by atoms with van der Waals surface area (Å²) in [7, 11) is -0.839. The smallest absolute Gasteiger partial charge is 0.261 e. The Hall–Kier alpha value is -1.65. The van der Waals surface area contributed by atoms with Crippen LogP contribution in [0.4, 0.5) is 5.82 Å². The molecule has 0 aliphatic heterocycles. The zero-order valence-electron chi connectivity index (χ0n) is 11.2. The van der Waals surface area contributed by atoms with Crippen LogP contribution in [0.15, 0.2) is 16.6 Å². The van der Waals surface area contributed by atoms with E-state index in [-0.39, 0.29) is 10.8 Å². The Labute approximate surface area is 120 Å². The summed E-state index contributed by atoms with van der Waals surface area (Å²) >= 11 is 1.32. The summed E-state index contributed by atoms with van der Waals surface area (Å²) in [5, 5.41) is 6.87. The normalized spacial score (nSPS) is 13.3. The van der Waals surface area contributed by atoms with Gasteiger partial charge in [0.2, 0.25) is 5.91 Å². The van der Waals surface area contributed by atoms with Gasteiger partial charge in [-0.15, -0.1) is 11.3 Å². The first-order valence-electron chi connectivity index (χ1n) is 5.78. The monoisotopic (exact) mass is 317 g/mol. The summed E-state index contributed by atoms with van der Waals surface area (Å²) in [6, 6.07) is -0.876. The summed E-state index contributed by atoms with van der Waals surface area (Å²) in [5.41, 5.74) is 0. The molecule has 0 saturated carbocycles. The van der Waals surface area contributed by atoms with Crippen LogP contribution in [-0.4, -0.2) is 43.8 Å². The van der Waals surface area contributed by atoms with Gasteiger partial charge in [0.05, 0.1) is 6.04 Å². The Morgan fingerprint density at radius 2 is 2.15 bits per heavy atom. The van der Waals surface area contributed by atoms with E-state index in [0.717, 1.165) is 0 Å². The van der Waals surface area contributed by atoms with Gasteiger partial charge in [-0.25, -0.2) is 13.4 Å². The van der Waals surface area contributed by atoms with E-state index < -0.39 is 22.0 Å². The summed E-state index contributed by atoms with van der Waals surface area (Å²) < 4.78 is 28.7. The highest BCUT2D eigenvalue weighted by Gasteiger charge is 2.28. The van der Waals surface area contributed by atoms with Crippen molar-refractivity contribution in [2.24, 2.45) is 0 Å². The van der Waals surface area contributed by atoms with Crippen molar-refractivity contribution in [1.82, 2.24) is 19.4 Å². The molecule has 1 atom stereocenters. The van der Waals surface area contributed by atoms with Crippen LogP contribution in [-0.2, 0) is 14.8 Å². The molecule has 20 heavy (non-hydrogen) atoms. The van der Waals surface area contributed by atoms with E-state index in [2.05, 4.69) is 20.3 Å². The highest BCUT2D eigenvalue weighted by Crippen LogP contribution is 2.25. The average Bonchev–Trinajstić information content (AvgIpc) is 2.95. The number of likely N-dealkylation sites (N-methyl/N-ethyl adjacent to an activating group) is 1. The van der Waals surface area contributed by atoms with Gasteiger partial charge < -0.3 is 10.6 Å². The van der Waals surface area contributed by atoms with Gasteiger partial charge in [0.25, 0.3) is 10.0 Å². The fraction of sp³-hybridized carbons (Fsp3) is 0.400. The van der Waals surface area contributed by atoms with E-state index in [4.69, 9.17) is 0 Å². The summed E-state index contributed by atoms with van der Waals surface area (Å²) in [6.07, 6.45) is 1.62. The molecule has 0 fully saturated rings. The minimum absolute atomic E-state index is 0.00740. The van der Waals surface area contributed by atoms with E-state index in [0.29, 0.717) is 4.96 Å². The highest BCUT2D eigenvalue weighted by atomic mass is 32.2. The predicted molar refractivity (Wildman–Crippen MR) is 76.5 cm³/mol. The standard InChI is InChI=1S/C10H15N5O3S2/c1-6(8(16)12-3)14-20(17,18)9-7(11-2)13-10-15(9)4-5-19-10/h4-6,11,14H,1-3H3,(H,12,16). The van der Waals surface area contributed by atoms with Crippen molar-refractivity contribution in [3.63, 3.8) is 0 Å². The summed E-state index contributed by atoms with van der Waals surface area (Å²) in [6.45, 7) is 1.47. The Morgan fingerprint density at radius 1 is 1.45 bits per heavy atom. The first kappa shape index (κ1) is 14.8. The number of hydrogen-bond donors (Lipinski definition) is 3. The third kappa shape index (κ3) is 2.49. The second-order valence-electron chi connectivity index (χ2n) is 4.03. The van der Waals surface area contributed by atoms with Crippen LogP contribution >= 0.6 is 11.3 Å². The van der Waals surface area contributed by atoms with Crippen LogP contribution in [0.3, 0.4) is 0 Å². The second kappa shape index (κ2) is 5.38. The molecule has 0 saturated heterocycles. The molecule has 2 aromatic heterocycles. The SMILES string of the molecule is CNC(=O)C(C)NS(=O)(=O)c1c(NC)nc2sccn12. The van der Waals surface area contributed by atoms with Gasteiger partial charge in [0.1, 0.15) is 0 Å². The molecule has 1 amide bonds. The Morgan fingerprint density at radius 3 is 2.75 bits per heavy atom. The second-order valence-corrected chi connectivity index (χ2v) is 6.53. The highest BCUT2D eigenvalue weighted by molar-refractivity contribution is 7.89. The predicted octanol–water partition coefficient (Wildman–Crippen LogP) is -0.150. The van der Waals surface area contributed by atoms with Crippen molar-refractivity contribution in [3.05, 3.63) is 11.6 Å². The van der Waals surface area contributed by atoms with Gasteiger partial charge in [0.15, 0.2) is 15.8 Å². The first-order chi connectivity index (χ1) is 9.40. The lowest BCUT2D eigenvalue weighted by molar-refractivity contribution is -0.121. The maximum absolute atomic E-state index is 12.4. The van der Waals surface area contributed by atoms with Crippen LogP contribution in [0.5, 0.6) is 0 Å². The minimum Gasteiger partial charge on any atom is -0.371 e.